The van der Waals surface area contributed by atoms with Crippen LogP contribution < -0.4 is 5.56 Å². The van der Waals surface area contributed by atoms with Gasteiger partial charge in [0.05, 0.1) is 22.5 Å². The van der Waals surface area contributed by atoms with E-state index in [0.29, 0.717) is 29.0 Å². The van der Waals surface area contributed by atoms with Gasteiger partial charge in [0, 0.05) is 19.0 Å². The average molecular weight is 373 g/mol. The maximum Gasteiger partial charge on any atom is 0.275 e. The van der Waals surface area contributed by atoms with Gasteiger partial charge in [-0.2, -0.15) is 5.10 Å². The summed E-state index contributed by atoms with van der Waals surface area (Å²) in [6.07, 6.45) is 1.63. The lowest BCUT2D eigenvalue weighted by Crippen LogP contribution is -2.35. The van der Waals surface area contributed by atoms with Crippen LogP contribution in [-0.2, 0) is 7.05 Å². The smallest absolute Gasteiger partial charge is 0.275 e. The molecule has 1 saturated heterocycles. The summed E-state index contributed by atoms with van der Waals surface area (Å²) in [5.74, 6) is 0.483. The third-order valence-electron chi connectivity index (χ3n) is 5.50. The first-order valence-corrected chi connectivity index (χ1v) is 9.35. The molecule has 140 valence electrons. The minimum absolute atomic E-state index is 0.0925. The molecular weight excluding hydrogens is 354 g/mol. The van der Waals surface area contributed by atoms with E-state index < -0.39 is 0 Å². The van der Waals surface area contributed by atoms with Gasteiger partial charge >= 0.3 is 0 Å². The van der Waals surface area contributed by atoms with Crippen molar-refractivity contribution in [2.45, 2.75) is 18.9 Å². The van der Waals surface area contributed by atoms with Crippen LogP contribution in [0.15, 0.2) is 53.3 Å². The number of likely N-dealkylation sites (tertiary alicyclic amines) is 1. The molecule has 1 amide bonds. The number of carbonyl (C=O) groups excluding carboxylic acids is 1. The normalized spacial score (nSPS) is 16.9. The van der Waals surface area contributed by atoms with E-state index in [1.165, 1.54) is 0 Å². The second kappa shape index (κ2) is 6.30. The van der Waals surface area contributed by atoms with E-state index in [9.17, 15) is 9.59 Å². The number of nitrogens with zero attached hydrogens (tertiary/aromatic N) is 4. The second-order valence-corrected chi connectivity index (χ2v) is 7.13. The molecule has 1 fully saturated rings. The van der Waals surface area contributed by atoms with E-state index in [1.54, 1.807) is 22.6 Å². The van der Waals surface area contributed by atoms with Crippen molar-refractivity contribution in [3.63, 3.8) is 0 Å². The fourth-order valence-corrected chi connectivity index (χ4v) is 4.07. The highest BCUT2D eigenvalue weighted by Crippen LogP contribution is 2.33. The molecule has 1 aliphatic heterocycles. The lowest BCUT2D eigenvalue weighted by atomic mass is 10.1. The fourth-order valence-electron chi connectivity index (χ4n) is 4.07. The molecule has 2 aromatic carbocycles. The van der Waals surface area contributed by atoms with Crippen molar-refractivity contribution in [3.8, 4) is 0 Å². The quantitative estimate of drug-likeness (QED) is 0.586. The van der Waals surface area contributed by atoms with Crippen molar-refractivity contribution in [1.82, 2.24) is 24.6 Å². The molecule has 1 N–H and O–H groups in total. The SMILES string of the molecule is Cn1c(C2CCCN2C(=O)c2n[nH]c3ccccc23)nc2ccccc2c1=O. The molecule has 4 aromatic rings. The van der Waals surface area contributed by atoms with Gasteiger partial charge < -0.3 is 4.90 Å². The van der Waals surface area contributed by atoms with Crippen LogP contribution in [0.1, 0.15) is 35.2 Å². The molecule has 1 unspecified atom stereocenters. The van der Waals surface area contributed by atoms with Crippen LogP contribution in [0.3, 0.4) is 0 Å². The van der Waals surface area contributed by atoms with E-state index in [-0.39, 0.29) is 17.5 Å². The predicted octanol–water partition coefficient (Wildman–Crippen LogP) is 2.79. The van der Waals surface area contributed by atoms with Crippen LogP contribution in [0.2, 0.25) is 0 Å². The fraction of sp³-hybridized carbons (Fsp3) is 0.238. The van der Waals surface area contributed by atoms with Gasteiger partial charge in [0.1, 0.15) is 5.82 Å². The van der Waals surface area contributed by atoms with E-state index in [2.05, 4.69) is 10.2 Å². The maximum absolute atomic E-state index is 13.3. The van der Waals surface area contributed by atoms with Gasteiger partial charge in [-0.25, -0.2) is 4.98 Å². The Kier molecular flexibility index (Phi) is 3.75. The van der Waals surface area contributed by atoms with Gasteiger partial charge in [0.15, 0.2) is 5.69 Å². The summed E-state index contributed by atoms with van der Waals surface area (Å²) in [6.45, 7) is 0.618. The van der Waals surface area contributed by atoms with Crippen molar-refractivity contribution in [3.05, 3.63) is 70.4 Å². The van der Waals surface area contributed by atoms with Crippen LogP contribution in [0.25, 0.3) is 21.8 Å². The highest BCUT2D eigenvalue weighted by Gasteiger charge is 2.35. The molecule has 28 heavy (non-hydrogen) atoms. The summed E-state index contributed by atoms with van der Waals surface area (Å²) < 4.78 is 1.57. The highest BCUT2D eigenvalue weighted by atomic mass is 16.2. The number of rotatable bonds is 2. The zero-order chi connectivity index (χ0) is 19.3. The van der Waals surface area contributed by atoms with E-state index in [0.717, 1.165) is 23.7 Å². The molecule has 1 aliphatic rings. The van der Waals surface area contributed by atoms with E-state index in [4.69, 9.17) is 4.98 Å². The number of benzene rings is 2. The summed E-state index contributed by atoms with van der Waals surface area (Å²) in [7, 11) is 1.72. The zero-order valence-electron chi connectivity index (χ0n) is 15.4. The Morgan fingerprint density at radius 1 is 1.11 bits per heavy atom. The number of aromatic amines is 1. The third-order valence-corrected chi connectivity index (χ3v) is 5.50. The van der Waals surface area contributed by atoms with Gasteiger partial charge in [0.25, 0.3) is 11.5 Å². The van der Waals surface area contributed by atoms with Crippen LogP contribution in [0, 0.1) is 0 Å². The summed E-state index contributed by atoms with van der Waals surface area (Å²) >= 11 is 0. The number of para-hydroxylation sites is 2. The Morgan fingerprint density at radius 3 is 2.71 bits per heavy atom. The van der Waals surface area contributed by atoms with Gasteiger partial charge in [0.2, 0.25) is 0 Å². The molecule has 0 saturated carbocycles. The lowest BCUT2D eigenvalue weighted by Gasteiger charge is -2.25. The molecule has 1 atom stereocenters. The summed E-state index contributed by atoms with van der Waals surface area (Å²) in [4.78, 5) is 32.6. The first-order chi connectivity index (χ1) is 13.6. The van der Waals surface area contributed by atoms with Crippen molar-refractivity contribution >= 4 is 27.7 Å². The standard InChI is InChI=1S/C21H19N5O2/c1-25-19(22-15-9-4-3-8-14(15)20(25)27)17-11-6-12-26(17)21(28)18-13-7-2-5-10-16(13)23-24-18/h2-5,7-10,17H,6,11-12H2,1H3,(H,23,24). The topological polar surface area (TPSA) is 83.9 Å². The van der Waals surface area contributed by atoms with Crippen molar-refractivity contribution in [2.24, 2.45) is 7.05 Å². The lowest BCUT2D eigenvalue weighted by molar-refractivity contribution is 0.0723. The van der Waals surface area contributed by atoms with Gasteiger partial charge in [-0.3, -0.25) is 19.3 Å². The Morgan fingerprint density at radius 2 is 1.86 bits per heavy atom. The first-order valence-electron chi connectivity index (χ1n) is 9.35. The molecule has 7 heteroatoms. The van der Waals surface area contributed by atoms with E-state index >= 15 is 0 Å². The number of H-pyrrole nitrogens is 1. The average Bonchev–Trinajstić information content (AvgIpc) is 3.37. The van der Waals surface area contributed by atoms with Crippen molar-refractivity contribution in [1.29, 1.82) is 0 Å². The predicted molar refractivity (Wildman–Crippen MR) is 106 cm³/mol. The Balaban J connectivity index is 1.59. The number of nitrogens with one attached hydrogen (secondary N) is 1. The summed E-state index contributed by atoms with van der Waals surface area (Å²) in [5, 5.41) is 8.57. The van der Waals surface area contributed by atoms with Crippen LogP contribution in [0.5, 0.6) is 0 Å². The number of amides is 1. The largest absolute Gasteiger partial charge is 0.327 e. The Bertz CT molecular complexity index is 1270. The number of fused-ring (bicyclic) bond motifs is 2. The van der Waals surface area contributed by atoms with Crippen molar-refractivity contribution < 1.29 is 4.79 Å². The van der Waals surface area contributed by atoms with Crippen LogP contribution >= 0.6 is 0 Å². The molecule has 5 rings (SSSR count). The molecule has 0 radical (unpaired) electrons. The Labute approximate surface area is 160 Å². The third kappa shape index (κ3) is 2.43. The van der Waals surface area contributed by atoms with Gasteiger partial charge in [-0.1, -0.05) is 30.3 Å². The Hall–Kier alpha value is -3.48. The maximum atomic E-state index is 13.3. The number of hydrogen-bond donors (Lipinski definition) is 1. The second-order valence-electron chi connectivity index (χ2n) is 7.13. The van der Waals surface area contributed by atoms with Crippen LogP contribution in [0.4, 0.5) is 0 Å². The molecule has 3 heterocycles. The van der Waals surface area contributed by atoms with Gasteiger partial charge in [-0.05, 0) is 31.0 Å². The molecule has 2 aromatic heterocycles. The first kappa shape index (κ1) is 16.7. The minimum Gasteiger partial charge on any atom is -0.327 e. The monoisotopic (exact) mass is 373 g/mol. The number of aromatic nitrogens is 4. The molecule has 0 spiro atoms. The zero-order valence-corrected chi connectivity index (χ0v) is 15.4. The molecule has 0 bridgehead atoms. The highest BCUT2D eigenvalue weighted by molar-refractivity contribution is 6.04. The molecule has 7 nitrogen and oxygen atoms in total. The van der Waals surface area contributed by atoms with Gasteiger partial charge in [-0.15, -0.1) is 0 Å². The molecular formula is C21H19N5O2. The van der Waals surface area contributed by atoms with E-state index in [1.807, 2.05) is 42.5 Å². The minimum atomic E-state index is -0.245. The summed E-state index contributed by atoms with van der Waals surface area (Å²) in [5.41, 5.74) is 1.81. The van der Waals surface area contributed by atoms with Crippen LogP contribution in [-0.4, -0.2) is 37.1 Å². The number of hydrogen-bond acceptors (Lipinski definition) is 4. The molecule has 0 aliphatic carbocycles. The van der Waals surface area contributed by atoms with Crippen molar-refractivity contribution in [2.75, 3.05) is 6.54 Å². The summed E-state index contributed by atoms with van der Waals surface area (Å²) in [6, 6.07) is 14.7. The number of carbonyl (C=O) groups is 1.